The van der Waals surface area contributed by atoms with Crippen molar-refractivity contribution in [3.05, 3.63) is 65.2 Å². The molecule has 7 fully saturated rings. The van der Waals surface area contributed by atoms with Gasteiger partial charge in [-0.25, -0.2) is 21.6 Å². The summed E-state index contributed by atoms with van der Waals surface area (Å²) in [7, 11) is -8.18. The number of carbonyl (C=O) groups excluding carboxylic acids is 1. The second-order valence-electron chi connectivity index (χ2n) is 13.2. The van der Waals surface area contributed by atoms with Crippen LogP contribution in [0.4, 0.5) is 24.5 Å². The summed E-state index contributed by atoms with van der Waals surface area (Å²) < 4.78 is 100. The highest BCUT2D eigenvalue weighted by Crippen LogP contribution is 2.90. The minimum absolute atomic E-state index is 0.00836. The summed E-state index contributed by atoms with van der Waals surface area (Å²) in [5, 5.41) is 14.7. The first-order valence-electron chi connectivity index (χ1n) is 14.3. The summed E-state index contributed by atoms with van der Waals surface area (Å²) in [4.78, 5) is 15.5. The number of halogens is 3. The lowest BCUT2D eigenvalue weighted by molar-refractivity contribution is -0.141. The average molecular weight is 647 g/mol. The van der Waals surface area contributed by atoms with Crippen LogP contribution in [0.1, 0.15) is 5.56 Å². The molecule has 2 aliphatic heterocycles. The number of rotatable bonds is 5. The number of nitrogens with zero attached hydrogens (tertiary/aromatic N) is 2. The summed E-state index contributed by atoms with van der Waals surface area (Å²) in [6.07, 6.45) is 0.917. The van der Waals surface area contributed by atoms with Gasteiger partial charge in [-0.15, -0.1) is 4.40 Å². The number of fused-ring (bicyclic) bond motifs is 1. The van der Waals surface area contributed by atoms with Gasteiger partial charge in [0.2, 0.25) is 10.0 Å². The van der Waals surface area contributed by atoms with E-state index in [1.807, 2.05) is 0 Å². The van der Waals surface area contributed by atoms with Crippen LogP contribution in [0, 0.1) is 59.1 Å². The number of anilines is 2. The maximum Gasteiger partial charge on any atom is 0.286 e. The quantitative estimate of drug-likeness (QED) is 0.453. The van der Waals surface area contributed by atoms with Crippen LogP contribution in [0.3, 0.4) is 0 Å². The largest absolute Gasteiger partial charge is 0.511 e. The maximum atomic E-state index is 15.3. The number of hydrogen-bond donors (Lipinski definition) is 3. The van der Waals surface area contributed by atoms with E-state index in [-0.39, 0.29) is 69.7 Å². The molecule has 7 aliphatic carbocycles. The maximum absolute atomic E-state index is 15.3. The fourth-order valence-electron chi connectivity index (χ4n) is 9.90. The molecule has 0 radical (unpaired) electrons. The summed E-state index contributed by atoms with van der Waals surface area (Å²) in [6.45, 7) is 0.0118. The molecule has 7 unspecified atom stereocenters. The zero-order valence-corrected chi connectivity index (χ0v) is 24.5. The Bertz CT molecular complexity index is 1970. The van der Waals surface area contributed by atoms with Gasteiger partial charge in [-0.2, -0.15) is 8.42 Å². The standard InChI is InChI=1S/C29H25F3N4O6S2/c1-43(39,40)34-12-6-7-13-14(8-12)44(41,42)35-27(33-13)22-26(37)21-15-16-18-20(19-17(15)24(19)29(31,32)23(16)18)25(21)36(28(22)38)9-10-2-4-11(30)5-3-10/h2-8,15-21,23-25,34,37H,9H2,1H3,(H,33,35)/t15?,16?,17?,18?,19?,20?,21-,23-,24?,25+/m1/s1. The Morgan fingerprint density at radius 3 is 2.30 bits per heavy atom. The number of nitrogens with one attached hydrogen (secondary N) is 2. The molecule has 2 heterocycles. The number of benzene rings is 2. The van der Waals surface area contributed by atoms with Crippen LogP contribution < -0.4 is 10.0 Å². The van der Waals surface area contributed by atoms with Gasteiger partial charge in [0.1, 0.15) is 22.0 Å². The highest BCUT2D eigenvalue weighted by Gasteiger charge is 2.93. The van der Waals surface area contributed by atoms with E-state index in [1.54, 1.807) is 0 Å². The van der Waals surface area contributed by atoms with Crippen LogP contribution in [-0.4, -0.2) is 56.8 Å². The topological polar surface area (TPSA) is 145 Å². The molecule has 10 nitrogen and oxygen atoms in total. The van der Waals surface area contributed by atoms with Crippen molar-refractivity contribution in [2.24, 2.45) is 57.7 Å². The van der Waals surface area contributed by atoms with E-state index < -0.39 is 67.3 Å². The van der Waals surface area contributed by atoms with E-state index in [4.69, 9.17) is 0 Å². The van der Waals surface area contributed by atoms with Crippen molar-refractivity contribution in [1.29, 1.82) is 0 Å². The number of aliphatic hydroxyl groups is 1. The molecule has 8 bridgehead atoms. The highest BCUT2D eigenvalue weighted by molar-refractivity contribution is 7.92. The second kappa shape index (κ2) is 7.97. The Morgan fingerprint density at radius 1 is 1.02 bits per heavy atom. The molecular weight excluding hydrogens is 621 g/mol. The molecule has 9 aliphatic rings. The molecule has 7 saturated carbocycles. The number of alkyl halides is 2. The molecule has 1 amide bonds. The Balaban J connectivity index is 1.16. The zero-order valence-electron chi connectivity index (χ0n) is 22.9. The van der Waals surface area contributed by atoms with Gasteiger partial charge in [0.05, 0.1) is 11.9 Å². The molecular formula is C29H25F3N4O6S2. The third-order valence-electron chi connectivity index (χ3n) is 11.0. The Morgan fingerprint density at radius 2 is 1.66 bits per heavy atom. The lowest BCUT2D eigenvalue weighted by Gasteiger charge is -2.54. The van der Waals surface area contributed by atoms with Crippen LogP contribution in [0.5, 0.6) is 0 Å². The van der Waals surface area contributed by atoms with E-state index in [2.05, 4.69) is 14.4 Å². The van der Waals surface area contributed by atoms with Crippen LogP contribution in [0.2, 0.25) is 0 Å². The van der Waals surface area contributed by atoms with E-state index in [0.29, 0.717) is 5.56 Å². The molecule has 0 saturated heterocycles. The molecule has 10 atom stereocenters. The first-order valence-corrected chi connectivity index (χ1v) is 17.6. The summed E-state index contributed by atoms with van der Waals surface area (Å²) in [5.41, 5.74) is 0.262. The Kier molecular flexibility index (Phi) is 4.85. The average Bonchev–Trinajstić information content (AvgIpc) is 3.84. The van der Waals surface area contributed by atoms with Gasteiger partial charge in [0, 0.05) is 36.0 Å². The third kappa shape index (κ3) is 3.31. The van der Waals surface area contributed by atoms with Gasteiger partial charge in [-0.3, -0.25) is 9.52 Å². The molecule has 44 heavy (non-hydrogen) atoms. The van der Waals surface area contributed by atoms with Gasteiger partial charge in [-0.1, -0.05) is 12.1 Å². The number of sulfonamides is 2. The minimum Gasteiger partial charge on any atom is -0.511 e. The van der Waals surface area contributed by atoms with E-state index in [0.717, 1.165) is 12.3 Å². The van der Waals surface area contributed by atoms with Crippen molar-refractivity contribution in [2.45, 2.75) is 23.4 Å². The molecule has 0 aromatic heterocycles. The van der Waals surface area contributed by atoms with E-state index in [9.17, 15) is 31.1 Å². The van der Waals surface area contributed by atoms with Gasteiger partial charge in [0.25, 0.3) is 21.9 Å². The lowest BCUT2D eigenvalue weighted by Crippen LogP contribution is -2.61. The van der Waals surface area contributed by atoms with Crippen molar-refractivity contribution in [3.8, 4) is 0 Å². The smallest absolute Gasteiger partial charge is 0.286 e. The first-order chi connectivity index (χ1) is 20.7. The molecule has 15 heteroatoms. The van der Waals surface area contributed by atoms with Crippen molar-refractivity contribution < 1.29 is 39.9 Å². The molecule has 0 spiro atoms. The van der Waals surface area contributed by atoms with Crippen molar-refractivity contribution in [2.75, 3.05) is 16.3 Å². The van der Waals surface area contributed by atoms with Gasteiger partial charge < -0.3 is 15.3 Å². The van der Waals surface area contributed by atoms with Crippen LogP contribution in [0.15, 0.2) is 63.1 Å². The summed E-state index contributed by atoms with van der Waals surface area (Å²) in [5.74, 6) is -8.41. The molecule has 2 aromatic carbocycles. The predicted molar refractivity (Wildman–Crippen MR) is 150 cm³/mol. The molecule has 3 N–H and O–H groups in total. The predicted octanol–water partition coefficient (Wildman–Crippen LogP) is 3.18. The van der Waals surface area contributed by atoms with Crippen molar-refractivity contribution in [3.63, 3.8) is 0 Å². The minimum atomic E-state index is -4.47. The zero-order chi connectivity index (χ0) is 30.8. The third-order valence-corrected chi connectivity index (χ3v) is 13.0. The van der Waals surface area contributed by atoms with Crippen LogP contribution in [0.25, 0.3) is 0 Å². The normalized spacial score (nSPS) is 39.1. The Labute approximate surface area is 250 Å². The fourth-order valence-corrected chi connectivity index (χ4v) is 11.6. The monoisotopic (exact) mass is 646 g/mol. The Hall–Kier alpha value is -3.59. The number of carbonyl (C=O) groups is 1. The van der Waals surface area contributed by atoms with Crippen molar-refractivity contribution >= 4 is 43.2 Å². The number of aliphatic hydroxyl groups excluding tert-OH is 1. The summed E-state index contributed by atoms with van der Waals surface area (Å²) >= 11 is 0. The molecule has 11 rings (SSSR count). The van der Waals surface area contributed by atoms with E-state index in [1.165, 1.54) is 41.3 Å². The number of hydrogen-bond acceptors (Lipinski definition) is 7. The summed E-state index contributed by atoms with van der Waals surface area (Å²) in [6, 6.07) is 8.77. The van der Waals surface area contributed by atoms with Crippen molar-refractivity contribution in [1.82, 2.24) is 4.90 Å². The SMILES string of the molecule is CS(=O)(=O)Nc1ccc2c(c1)S(=O)(=O)N=C(C1=C(O)[C@@H]3C4C5C6C(C7C4[C@H]7C(F)(F)C56)[C@@H]3N(Cc3ccc(F)cc3)C1=O)N2. The van der Waals surface area contributed by atoms with Gasteiger partial charge in [-0.05, 0) is 71.4 Å². The van der Waals surface area contributed by atoms with Gasteiger partial charge >= 0.3 is 0 Å². The molecule has 2 aromatic rings. The van der Waals surface area contributed by atoms with E-state index >= 15 is 8.78 Å². The highest BCUT2D eigenvalue weighted by atomic mass is 32.2. The first kappa shape index (κ1) is 26.8. The number of amides is 1. The number of amidine groups is 1. The van der Waals surface area contributed by atoms with Crippen LogP contribution in [-0.2, 0) is 31.4 Å². The fraction of sp³-hybridized carbons (Fsp3) is 0.448. The second-order valence-corrected chi connectivity index (χ2v) is 16.5. The van der Waals surface area contributed by atoms with Gasteiger partial charge in [0.15, 0.2) is 5.84 Å². The van der Waals surface area contributed by atoms with Crippen LogP contribution >= 0.6 is 0 Å². The molecule has 230 valence electrons. The lowest BCUT2D eigenvalue weighted by atomic mass is 9.59.